The molecule has 10 heteroatoms. The zero-order valence-corrected chi connectivity index (χ0v) is 15.4. The van der Waals surface area contributed by atoms with Gasteiger partial charge in [-0.05, 0) is 6.92 Å². The SMILES string of the molecule is Cc1[nH]c(C(=O)N[C@@H]2[C@@H]3CN(c4nc(C(=O)O)cs4)C[C@@H]32)c(Cl)c1Cl. The van der Waals surface area contributed by atoms with Gasteiger partial charge in [0.05, 0.1) is 10.0 Å². The van der Waals surface area contributed by atoms with Crippen molar-refractivity contribution in [2.75, 3.05) is 18.0 Å². The molecule has 0 aromatic carbocycles. The van der Waals surface area contributed by atoms with Gasteiger partial charge in [-0.2, -0.15) is 0 Å². The molecule has 1 amide bonds. The van der Waals surface area contributed by atoms with Gasteiger partial charge in [0.2, 0.25) is 0 Å². The van der Waals surface area contributed by atoms with Crippen LogP contribution in [0.15, 0.2) is 5.38 Å². The van der Waals surface area contributed by atoms with Crippen molar-refractivity contribution >= 4 is 51.5 Å². The van der Waals surface area contributed by atoms with Crippen molar-refractivity contribution in [2.24, 2.45) is 11.8 Å². The fourth-order valence-corrected chi connectivity index (χ4v) is 4.59. The summed E-state index contributed by atoms with van der Waals surface area (Å²) in [5.74, 6) is -0.597. The smallest absolute Gasteiger partial charge is 0.355 e. The highest BCUT2D eigenvalue weighted by atomic mass is 35.5. The van der Waals surface area contributed by atoms with Crippen molar-refractivity contribution in [1.82, 2.24) is 15.3 Å². The van der Waals surface area contributed by atoms with E-state index < -0.39 is 5.97 Å². The Labute approximate surface area is 156 Å². The van der Waals surface area contributed by atoms with Crippen molar-refractivity contribution in [1.29, 1.82) is 0 Å². The van der Waals surface area contributed by atoms with Crippen molar-refractivity contribution in [3.8, 4) is 0 Å². The molecular weight excluding hydrogens is 387 g/mol. The first-order valence-corrected chi connectivity index (χ1v) is 9.28. The molecule has 2 aliphatic rings. The van der Waals surface area contributed by atoms with Gasteiger partial charge in [-0.25, -0.2) is 9.78 Å². The lowest BCUT2D eigenvalue weighted by Gasteiger charge is -2.19. The first kappa shape index (κ1) is 16.7. The summed E-state index contributed by atoms with van der Waals surface area (Å²) in [6.07, 6.45) is 0. The van der Waals surface area contributed by atoms with E-state index in [-0.39, 0.29) is 28.4 Å². The van der Waals surface area contributed by atoms with Crippen LogP contribution >= 0.6 is 34.5 Å². The van der Waals surface area contributed by atoms with E-state index in [1.54, 1.807) is 12.3 Å². The van der Waals surface area contributed by atoms with Crippen molar-refractivity contribution < 1.29 is 14.7 Å². The zero-order valence-electron chi connectivity index (χ0n) is 13.0. The molecule has 1 saturated carbocycles. The lowest BCUT2D eigenvalue weighted by Crippen LogP contribution is -2.34. The number of rotatable bonds is 4. The first-order valence-electron chi connectivity index (χ1n) is 7.65. The van der Waals surface area contributed by atoms with E-state index in [1.165, 1.54) is 11.3 Å². The summed E-state index contributed by atoms with van der Waals surface area (Å²) in [4.78, 5) is 32.4. The molecule has 1 aliphatic carbocycles. The number of carboxylic acid groups (broad SMARTS) is 1. The molecule has 3 heterocycles. The Kier molecular flexibility index (Phi) is 3.93. The number of nitrogens with one attached hydrogen (secondary N) is 2. The molecule has 7 nitrogen and oxygen atoms in total. The van der Waals surface area contributed by atoms with Gasteiger partial charge in [-0.15, -0.1) is 11.3 Å². The van der Waals surface area contributed by atoms with E-state index in [4.69, 9.17) is 28.3 Å². The highest BCUT2D eigenvalue weighted by Gasteiger charge is 2.57. The van der Waals surface area contributed by atoms with E-state index in [0.717, 1.165) is 13.1 Å². The lowest BCUT2D eigenvalue weighted by molar-refractivity contribution is 0.0691. The number of aromatic nitrogens is 2. The number of aromatic amines is 1. The quantitative estimate of drug-likeness (QED) is 0.732. The van der Waals surface area contributed by atoms with Gasteiger partial charge in [0, 0.05) is 42.0 Å². The number of halogens is 2. The van der Waals surface area contributed by atoms with Crippen LogP contribution in [0.25, 0.3) is 0 Å². The minimum absolute atomic E-state index is 0.0686. The van der Waals surface area contributed by atoms with Gasteiger partial charge >= 0.3 is 5.97 Å². The Hall–Kier alpha value is -1.77. The number of carboxylic acids is 1. The molecule has 0 radical (unpaired) electrons. The molecule has 0 unspecified atom stereocenters. The monoisotopic (exact) mass is 400 g/mol. The third-order valence-corrected chi connectivity index (χ3v) is 6.60. The van der Waals surface area contributed by atoms with E-state index in [9.17, 15) is 9.59 Å². The summed E-state index contributed by atoms with van der Waals surface area (Å²) in [5, 5.41) is 14.8. The zero-order chi connectivity index (χ0) is 17.9. The number of hydrogen-bond donors (Lipinski definition) is 3. The molecule has 0 bridgehead atoms. The highest BCUT2D eigenvalue weighted by Crippen LogP contribution is 2.47. The van der Waals surface area contributed by atoms with Gasteiger partial charge in [0.25, 0.3) is 5.91 Å². The maximum Gasteiger partial charge on any atom is 0.355 e. The fourth-order valence-electron chi connectivity index (χ4n) is 3.36. The van der Waals surface area contributed by atoms with Crippen molar-refractivity contribution in [3.05, 3.63) is 32.5 Å². The number of thiazole rings is 1. The number of H-pyrrole nitrogens is 1. The molecular formula is C15H14Cl2N4O3S. The summed E-state index contributed by atoms with van der Waals surface area (Å²) in [7, 11) is 0. The predicted molar refractivity (Wildman–Crippen MR) is 95.1 cm³/mol. The van der Waals surface area contributed by atoms with Crippen molar-refractivity contribution in [3.63, 3.8) is 0 Å². The van der Waals surface area contributed by atoms with Crippen LogP contribution in [0.3, 0.4) is 0 Å². The Morgan fingerprint density at radius 1 is 1.36 bits per heavy atom. The molecule has 1 saturated heterocycles. The Balaban J connectivity index is 1.37. The molecule has 25 heavy (non-hydrogen) atoms. The Morgan fingerprint density at radius 2 is 2.04 bits per heavy atom. The van der Waals surface area contributed by atoms with E-state index in [2.05, 4.69) is 20.2 Å². The van der Waals surface area contributed by atoms with Crippen LogP contribution in [0.5, 0.6) is 0 Å². The second-order valence-electron chi connectivity index (χ2n) is 6.31. The maximum atomic E-state index is 12.4. The van der Waals surface area contributed by atoms with E-state index in [1.807, 2.05) is 0 Å². The minimum Gasteiger partial charge on any atom is -0.476 e. The van der Waals surface area contributed by atoms with Crippen LogP contribution < -0.4 is 10.2 Å². The molecule has 3 N–H and O–H groups in total. The third-order valence-electron chi connectivity index (χ3n) is 4.75. The first-order chi connectivity index (χ1) is 11.9. The third kappa shape index (κ3) is 2.78. The molecule has 1 aliphatic heterocycles. The predicted octanol–water partition coefficient (Wildman–Crippen LogP) is 2.65. The second kappa shape index (κ2) is 5.89. The van der Waals surface area contributed by atoms with Crippen LogP contribution in [0, 0.1) is 18.8 Å². The molecule has 3 atom stereocenters. The van der Waals surface area contributed by atoms with E-state index in [0.29, 0.717) is 27.7 Å². The summed E-state index contributed by atoms with van der Waals surface area (Å²) >= 11 is 13.4. The van der Waals surface area contributed by atoms with Gasteiger partial charge in [-0.1, -0.05) is 23.2 Å². The van der Waals surface area contributed by atoms with E-state index >= 15 is 0 Å². The number of hydrogen-bond acceptors (Lipinski definition) is 5. The van der Waals surface area contributed by atoms with Crippen molar-refractivity contribution in [2.45, 2.75) is 13.0 Å². The largest absolute Gasteiger partial charge is 0.476 e. The molecule has 2 aromatic heterocycles. The summed E-state index contributed by atoms with van der Waals surface area (Å²) in [6, 6.07) is 0.0982. The number of nitrogens with zero attached hydrogens (tertiary/aromatic N) is 2. The average Bonchev–Trinajstić information content (AvgIpc) is 3.02. The van der Waals surface area contributed by atoms with Gasteiger partial charge in [-0.3, -0.25) is 4.79 Å². The van der Waals surface area contributed by atoms with Crippen LogP contribution in [-0.4, -0.2) is 46.1 Å². The normalized spacial score (nSPS) is 24.3. The van der Waals surface area contributed by atoms with Crippen LogP contribution in [-0.2, 0) is 0 Å². The number of aryl methyl sites for hydroxylation is 1. The van der Waals surface area contributed by atoms with Crippen LogP contribution in [0.1, 0.15) is 26.7 Å². The highest BCUT2D eigenvalue weighted by molar-refractivity contribution is 7.13. The number of piperidine rings is 1. The van der Waals surface area contributed by atoms with Gasteiger partial charge < -0.3 is 20.3 Å². The standard InChI is InChI=1S/C15H14Cl2N4O3S/c1-5-9(16)10(17)12(18-5)13(22)20-11-6-2-21(3-7(6)11)15-19-8(4-25-15)14(23)24/h4,6-7,11,18H,2-3H2,1H3,(H,20,22)(H,23,24)/t6-,7+,11-. The Bertz CT molecular complexity index is 868. The lowest BCUT2D eigenvalue weighted by atomic mass is 10.3. The average molecular weight is 401 g/mol. The number of amides is 1. The molecule has 132 valence electrons. The molecule has 0 spiro atoms. The molecule has 2 aromatic rings. The fraction of sp³-hybridized carbons (Fsp3) is 0.400. The topological polar surface area (TPSA) is 98.3 Å². The van der Waals surface area contributed by atoms with Crippen LogP contribution in [0.2, 0.25) is 10.0 Å². The minimum atomic E-state index is -1.02. The van der Waals surface area contributed by atoms with Gasteiger partial charge in [0.1, 0.15) is 5.69 Å². The molecule has 4 rings (SSSR count). The number of fused-ring (bicyclic) bond motifs is 1. The number of aromatic carboxylic acids is 1. The number of anilines is 1. The summed E-state index contributed by atoms with van der Waals surface area (Å²) < 4.78 is 0. The molecule has 2 fully saturated rings. The maximum absolute atomic E-state index is 12.4. The number of carbonyl (C=O) groups is 2. The van der Waals surface area contributed by atoms with Crippen LogP contribution in [0.4, 0.5) is 5.13 Å². The van der Waals surface area contributed by atoms with Gasteiger partial charge in [0.15, 0.2) is 10.8 Å². The number of carbonyl (C=O) groups excluding carboxylic acids is 1. The second-order valence-corrected chi connectivity index (χ2v) is 7.90. The summed E-state index contributed by atoms with van der Waals surface area (Å²) in [6.45, 7) is 3.26. The summed E-state index contributed by atoms with van der Waals surface area (Å²) in [5.41, 5.74) is 1.02. The Morgan fingerprint density at radius 3 is 2.56 bits per heavy atom.